The highest BCUT2D eigenvalue weighted by Crippen LogP contribution is 2.30. The first-order chi connectivity index (χ1) is 12.9. The van der Waals surface area contributed by atoms with Gasteiger partial charge < -0.3 is 10.1 Å². The van der Waals surface area contributed by atoms with Crippen LogP contribution in [0.3, 0.4) is 0 Å². The second-order valence-electron chi connectivity index (χ2n) is 6.38. The van der Waals surface area contributed by atoms with E-state index in [0.29, 0.717) is 40.7 Å². The molecular formula is C19H17ClN2O4S. The van der Waals surface area contributed by atoms with E-state index in [-0.39, 0.29) is 18.3 Å². The zero-order valence-corrected chi connectivity index (χ0v) is 15.9. The molecule has 140 valence electrons. The molecule has 0 atom stereocenters. The summed E-state index contributed by atoms with van der Waals surface area (Å²) in [4.78, 5) is 12.5. The lowest BCUT2D eigenvalue weighted by molar-refractivity contribution is -0.113. The van der Waals surface area contributed by atoms with Crippen LogP contribution in [-0.2, 0) is 14.8 Å². The Bertz CT molecular complexity index is 1030. The Hall–Kier alpha value is -2.51. The lowest BCUT2D eigenvalue weighted by atomic mass is 10.1. The summed E-state index contributed by atoms with van der Waals surface area (Å²) in [6.07, 6.45) is 2.38. The van der Waals surface area contributed by atoms with Gasteiger partial charge in [0.2, 0.25) is 10.0 Å². The number of hydrogen-bond acceptors (Lipinski definition) is 4. The number of halogens is 1. The Kier molecular flexibility index (Phi) is 4.57. The van der Waals surface area contributed by atoms with Crippen LogP contribution in [0, 0.1) is 0 Å². The van der Waals surface area contributed by atoms with Gasteiger partial charge in [-0.25, -0.2) is 8.42 Å². The van der Waals surface area contributed by atoms with Gasteiger partial charge in [-0.2, -0.15) is 0 Å². The summed E-state index contributed by atoms with van der Waals surface area (Å²) in [5.41, 5.74) is 2.43. The van der Waals surface area contributed by atoms with E-state index in [2.05, 4.69) is 5.32 Å². The van der Waals surface area contributed by atoms with Gasteiger partial charge in [0.25, 0.3) is 5.91 Å². The fraction of sp³-hybridized carbons (Fsp3) is 0.211. The van der Waals surface area contributed by atoms with Crippen LogP contribution in [0.1, 0.15) is 12.0 Å². The number of anilines is 2. The van der Waals surface area contributed by atoms with E-state index in [9.17, 15) is 13.2 Å². The summed E-state index contributed by atoms with van der Waals surface area (Å²) in [5, 5.41) is 3.38. The maximum atomic E-state index is 12.5. The fourth-order valence-corrected chi connectivity index (χ4v) is 4.88. The topological polar surface area (TPSA) is 75.7 Å². The van der Waals surface area contributed by atoms with Crippen molar-refractivity contribution < 1.29 is 17.9 Å². The van der Waals surface area contributed by atoms with Crippen LogP contribution in [0.15, 0.2) is 48.0 Å². The highest BCUT2D eigenvalue weighted by atomic mass is 35.5. The van der Waals surface area contributed by atoms with Crippen LogP contribution in [0.25, 0.3) is 6.08 Å². The van der Waals surface area contributed by atoms with Gasteiger partial charge in [-0.1, -0.05) is 11.6 Å². The number of sulfonamides is 1. The van der Waals surface area contributed by atoms with E-state index in [4.69, 9.17) is 16.3 Å². The Morgan fingerprint density at radius 3 is 2.63 bits per heavy atom. The third-order valence-corrected chi connectivity index (χ3v) is 6.59. The third-order valence-electron chi connectivity index (χ3n) is 4.49. The highest BCUT2D eigenvalue weighted by molar-refractivity contribution is 7.93. The molecule has 27 heavy (non-hydrogen) atoms. The molecule has 0 saturated carbocycles. The third kappa shape index (κ3) is 3.65. The molecule has 2 aliphatic rings. The highest BCUT2D eigenvalue weighted by Gasteiger charge is 2.28. The first-order valence-corrected chi connectivity index (χ1v) is 10.5. The van der Waals surface area contributed by atoms with Crippen molar-refractivity contribution >= 4 is 45.0 Å². The zero-order valence-electron chi connectivity index (χ0n) is 14.3. The molecule has 0 bridgehead atoms. The molecule has 0 aromatic heterocycles. The summed E-state index contributed by atoms with van der Waals surface area (Å²) in [6.45, 7) is 0.658. The molecule has 1 fully saturated rings. The second-order valence-corrected chi connectivity index (χ2v) is 8.83. The molecule has 2 heterocycles. The molecule has 1 saturated heterocycles. The van der Waals surface area contributed by atoms with Gasteiger partial charge in [-0.15, -0.1) is 0 Å². The quantitative estimate of drug-likeness (QED) is 0.851. The molecule has 6 nitrogen and oxygen atoms in total. The molecule has 2 aromatic carbocycles. The molecule has 0 radical (unpaired) electrons. The number of benzene rings is 2. The Morgan fingerprint density at radius 2 is 1.93 bits per heavy atom. The molecule has 0 unspecified atom stereocenters. The molecule has 1 N–H and O–H groups in total. The monoisotopic (exact) mass is 404 g/mol. The van der Waals surface area contributed by atoms with Gasteiger partial charge in [0.05, 0.1) is 17.0 Å². The van der Waals surface area contributed by atoms with Crippen molar-refractivity contribution in [1.82, 2.24) is 0 Å². The lowest BCUT2D eigenvalue weighted by Gasteiger charge is -2.19. The van der Waals surface area contributed by atoms with Gasteiger partial charge in [-0.3, -0.25) is 9.10 Å². The summed E-state index contributed by atoms with van der Waals surface area (Å²) in [7, 11) is -3.22. The van der Waals surface area contributed by atoms with Crippen LogP contribution >= 0.6 is 11.6 Å². The van der Waals surface area contributed by atoms with Gasteiger partial charge in [-0.05, 0) is 55.0 Å². The van der Waals surface area contributed by atoms with E-state index >= 15 is 0 Å². The van der Waals surface area contributed by atoms with E-state index in [1.54, 1.807) is 48.5 Å². The average molecular weight is 405 g/mol. The second kappa shape index (κ2) is 6.90. The van der Waals surface area contributed by atoms with Crippen LogP contribution in [-0.4, -0.2) is 33.2 Å². The smallest absolute Gasteiger partial charge is 0.255 e. The minimum Gasteiger partial charge on any atom is -0.488 e. The minimum absolute atomic E-state index is 0.171. The number of rotatable bonds is 3. The summed E-state index contributed by atoms with van der Waals surface area (Å²) >= 11 is 5.99. The Labute approximate surface area is 162 Å². The predicted molar refractivity (Wildman–Crippen MR) is 106 cm³/mol. The van der Waals surface area contributed by atoms with Gasteiger partial charge in [0, 0.05) is 22.8 Å². The maximum Gasteiger partial charge on any atom is 0.255 e. The SMILES string of the molecule is O=C(Nc1ccc(N2CCCS2(=O)=O)cc1)C1=Cc2cc(Cl)ccc2OC1. The number of nitrogens with zero attached hydrogens (tertiary/aromatic N) is 1. The minimum atomic E-state index is -3.22. The van der Waals surface area contributed by atoms with Gasteiger partial charge in [0.15, 0.2) is 0 Å². The number of ether oxygens (including phenoxy) is 1. The standard InChI is InChI=1S/C19H17ClN2O4S/c20-15-2-7-18-13(11-15)10-14(12-26-18)19(23)21-16-3-5-17(6-4-16)22-8-1-9-27(22,24)25/h2-7,10-11H,1,8-9,12H2,(H,21,23). The fourth-order valence-electron chi connectivity index (χ4n) is 3.13. The van der Waals surface area contributed by atoms with Crippen molar-refractivity contribution in [3.63, 3.8) is 0 Å². The van der Waals surface area contributed by atoms with Crippen molar-refractivity contribution in [1.29, 1.82) is 0 Å². The summed E-state index contributed by atoms with van der Waals surface area (Å²) in [5.74, 6) is 0.583. The molecule has 4 rings (SSSR count). The maximum absolute atomic E-state index is 12.5. The molecule has 0 spiro atoms. The Balaban J connectivity index is 1.49. The summed E-state index contributed by atoms with van der Waals surface area (Å²) < 4.78 is 31.0. The van der Waals surface area contributed by atoms with E-state index < -0.39 is 10.0 Å². The van der Waals surface area contributed by atoms with Crippen LogP contribution < -0.4 is 14.4 Å². The molecular weight excluding hydrogens is 388 g/mol. The van der Waals surface area contributed by atoms with Crippen molar-refractivity contribution in [3.8, 4) is 5.75 Å². The molecule has 2 aromatic rings. The average Bonchev–Trinajstić information content (AvgIpc) is 3.01. The first-order valence-electron chi connectivity index (χ1n) is 8.47. The number of amides is 1. The molecule has 2 aliphatic heterocycles. The van der Waals surface area contributed by atoms with Gasteiger partial charge in [0.1, 0.15) is 12.4 Å². The normalized spacial score (nSPS) is 17.7. The van der Waals surface area contributed by atoms with Crippen LogP contribution in [0.4, 0.5) is 11.4 Å². The Morgan fingerprint density at radius 1 is 1.15 bits per heavy atom. The van der Waals surface area contributed by atoms with E-state index in [1.165, 1.54) is 4.31 Å². The van der Waals surface area contributed by atoms with Crippen molar-refractivity contribution in [2.24, 2.45) is 0 Å². The van der Waals surface area contributed by atoms with Crippen molar-refractivity contribution in [2.45, 2.75) is 6.42 Å². The van der Waals surface area contributed by atoms with Crippen LogP contribution in [0.2, 0.25) is 5.02 Å². The van der Waals surface area contributed by atoms with E-state index in [1.807, 2.05) is 0 Å². The number of carbonyl (C=O) groups excluding carboxylic acids is 1. The molecule has 1 amide bonds. The molecule has 0 aliphatic carbocycles. The van der Waals surface area contributed by atoms with Crippen molar-refractivity contribution in [3.05, 3.63) is 58.6 Å². The zero-order chi connectivity index (χ0) is 19.0. The lowest BCUT2D eigenvalue weighted by Crippen LogP contribution is -2.25. The molecule has 8 heteroatoms. The first kappa shape index (κ1) is 17.9. The predicted octanol–water partition coefficient (Wildman–Crippen LogP) is 3.29. The number of hydrogen-bond donors (Lipinski definition) is 1. The largest absolute Gasteiger partial charge is 0.488 e. The summed E-state index contributed by atoms with van der Waals surface area (Å²) in [6, 6.07) is 12.0. The van der Waals surface area contributed by atoms with Gasteiger partial charge >= 0.3 is 0 Å². The number of nitrogens with one attached hydrogen (secondary N) is 1. The number of carbonyl (C=O) groups is 1. The van der Waals surface area contributed by atoms with Crippen molar-refractivity contribution in [2.75, 3.05) is 28.5 Å². The van der Waals surface area contributed by atoms with E-state index in [0.717, 1.165) is 5.56 Å². The number of fused-ring (bicyclic) bond motifs is 1. The van der Waals surface area contributed by atoms with Crippen LogP contribution in [0.5, 0.6) is 5.75 Å².